The molecule has 116 valence electrons. The Bertz CT molecular complexity index is 766. The van der Waals surface area contributed by atoms with Crippen LogP contribution in [0.25, 0.3) is 11.2 Å². The first-order valence-corrected chi connectivity index (χ1v) is 7.31. The third-order valence-electron chi connectivity index (χ3n) is 3.53. The van der Waals surface area contributed by atoms with Crippen LogP contribution < -0.4 is 17.0 Å². The van der Waals surface area contributed by atoms with Gasteiger partial charge in [0, 0.05) is 33.1 Å². The zero-order chi connectivity index (χ0) is 15.7. The van der Waals surface area contributed by atoms with E-state index in [4.69, 9.17) is 5.73 Å². The van der Waals surface area contributed by atoms with Crippen LogP contribution in [0.4, 0.5) is 0 Å². The maximum atomic E-state index is 12.5. The van der Waals surface area contributed by atoms with E-state index in [-0.39, 0.29) is 17.2 Å². The van der Waals surface area contributed by atoms with Crippen LogP contribution in [0.15, 0.2) is 9.59 Å². The van der Waals surface area contributed by atoms with E-state index in [1.54, 1.807) is 4.57 Å². The lowest BCUT2D eigenvalue weighted by molar-refractivity contribution is 0.499. The molecule has 0 fully saturated rings. The SMILES string of the molecule is CCc1nc2c(c(=O)n(C)c(=O)n2CC(C)C)n1CCN. The van der Waals surface area contributed by atoms with Crippen molar-refractivity contribution in [3.8, 4) is 0 Å². The summed E-state index contributed by atoms with van der Waals surface area (Å²) >= 11 is 0. The fraction of sp³-hybridized carbons (Fsp3) is 0.643. The fourth-order valence-electron chi connectivity index (χ4n) is 2.57. The molecule has 21 heavy (non-hydrogen) atoms. The summed E-state index contributed by atoms with van der Waals surface area (Å²) in [7, 11) is 1.51. The second kappa shape index (κ2) is 5.85. The van der Waals surface area contributed by atoms with Gasteiger partial charge in [0.25, 0.3) is 5.56 Å². The van der Waals surface area contributed by atoms with Crippen molar-refractivity contribution in [2.75, 3.05) is 6.54 Å². The van der Waals surface area contributed by atoms with Gasteiger partial charge in [-0.1, -0.05) is 20.8 Å². The summed E-state index contributed by atoms with van der Waals surface area (Å²) in [6, 6.07) is 0. The van der Waals surface area contributed by atoms with Gasteiger partial charge in [0.05, 0.1) is 0 Å². The highest BCUT2D eigenvalue weighted by Crippen LogP contribution is 2.13. The van der Waals surface area contributed by atoms with Gasteiger partial charge < -0.3 is 10.3 Å². The highest BCUT2D eigenvalue weighted by atomic mass is 16.2. The molecule has 2 aromatic heterocycles. The second-order valence-electron chi connectivity index (χ2n) is 5.65. The summed E-state index contributed by atoms with van der Waals surface area (Å²) in [5, 5.41) is 0. The molecule has 0 aliphatic carbocycles. The van der Waals surface area contributed by atoms with E-state index in [0.29, 0.717) is 37.2 Å². The predicted molar refractivity (Wildman–Crippen MR) is 82.5 cm³/mol. The van der Waals surface area contributed by atoms with Crippen molar-refractivity contribution < 1.29 is 0 Å². The van der Waals surface area contributed by atoms with E-state index < -0.39 is 0 Å². The standard InChI is InChI=1S/C14H23N5O2/c1-5-10-16-12-11(18(10)7-6-15)13(20)17(4)14(21)19(12)8-9(2)3/h9H,5-8,15H2,1-4H3. The number of nitrogens with two attached hydrogens (primary N) is 1. The van der Waals surface area contributed by atoms with Crippen molar-refractivity contribution >= 4 is 11.2 Å². The Labute approximate surface area is 123 Å². The average molecular weight is 293 g/mol. The first-order valence-electron chi connectivity index (χ1n) is 7.31. The number of hydrogen-bond acceptors (Lipinski definition) is 4. The number of aryl methyl sites for hydroxylation is 1. The lowest BCUT2D eigenvalue weighted by atomic mass is 10.2. The molecule has 7 heteroatoms. The van der Waals surface area contributed by atoms with Crippen LogP contribution in [0, 0.1) is 5.92 Å². The molecule has 7 nitrogen and oxygen atoms in total. The number of hydrogen-bond donors (Lipinski definition) is 1. The van der Waals surface area contributed by atoms with Gasteiger partial charge in [-0.3, -0.25) is 13.9 Å². The van der Waals surface area contributed by atoms with Crippen LogP contribution in [0.5, 0.6) is 0 Å². The lowest BCUT2D eigenvalue weighted by Crippen LogP contribution is -2.39. The number of aromatic nitrogens is 4. The van der Waals surface area contributed by atoms with Crippen LogP contribution in [0.2, 0.25) is 0 Å². The van der Waals surface area contributed by atoms with Crippen LogP contribution in [-0.4, -0.2) is 25.2 Å². The molecule has 0 bridgehead atoms. The largest absolute Gasteiger partial charge is 0.332 e. The molecule has 0 saturated heterocycles. The molecule has 0 saturated carbocycles. The Morgan fingerprint density at radius 3 is 2.43 bits per heavy atom. The van der Waals surface area contributed by atoms with Gasteiger partial charge in [-0.25, -0.2) is 9.78 Å². The predicted octanol–water partition coefficient (Wildman–Crippen LogP) is 0.0738. The average Bonchev–Trinajstić information content (AvgIpc) is 2.80. The van der Waals surface area contributed by atoms with Crippen LogP contribution in [0.3, 0.4) is 0 Å². The molecule has 0 aromatic carbocycles. The van der Waals surface area contributed by atoms with Crippen molar-refractivity contribution in [1.82, 2.24) is 18.7 Å². The maximum absolute atomic E-state index is 12.5. The second-order valence-corrected chi connectivity index (χ2v) is 5.65. The van der Waals surface area contributed by atoms with Crippen molar-refractivity contribution in [1.29, 1.82) is 0 Å². The topological polar surface area (TPSA) is 87.8 Å². The van der Waals surface area contributed by atoms with E-state index in [9.17, 15) is 9.59 Å². The Kier molecular flexibility index (Phi) is 4.32. The summed E-state index contributed by atoms with van der Waals surface area (Å²) in [6.45, 7) is 7.51. The minimum Gasteiger partial charge on any atom is -0.329 e. The minimum absolute atomic E-state index is 0.285. The van der Waals surface area contributed by atoms with Crippen molar-refractivity contribution in [2.24, 2.45) is 18.7 Å². The van der Waals surface area contributed by atoms with Crippen LogP contribution in [-0.2, 0) is 26.6 Å². The van der Waals surface area contributed by atoms with E-state index in [1.165, 1.54) is 7.05 Å². The van der Waals surface area contributed by atoms with E-state index in [1.807, 2.05) is 25.3 Å². The molecular formula is C14H23N5O2. The molecule has 0 aliphatic rings. The van der Waals surface area contributed by atoms with Gasteiger partial charge in [0.1, 0.15) is 5.82 Å². The summed E-state index contributed by atoms with van der Waals surface area (Å²) in [6.07, 6.45) is 0.688. The third kappa shape index (κ3) is 2.53. The Morgan fingerprint density at radius 2 is 1.90 bits per heavy atom. The Balaban J connectivity index is 2.92. The molecule has 0 aliphatic heterocycles. The van der Waals surface area contributed by atoms with Gasteiger partial charge >= 0.3 is 5.69 Å². The Morgan fingerprint density at radius 1 is 1.24 bits per heavy atom. The number of rotatable bonds is 5. The van der Waals surface area contributed by atoms with Crippen molar-refractivity contribution in [3.63, 3.8) is 0 Å². The molecule has 0 atom stereocenters. The van der Waals surface area contributed by atoms with Crippen LogP contribution in [0.1, 0.15) is 26.6 Å². The minimum atomic E-state index is -0.318. The Hall–Kier alpha value is -1.89. The van der Waals surface area contributed by atoms with E-state index in [2.05, 4.69) is 4.98 Å². The zero-order valence-corrected chi connectivity index (χ0v) is 13.1. The first-order chi connectivity index (χ1) is 9.92. The highest BCUT2D eigenvalue weighted by molar-refractivity contribution is 5.71. The molecule has 0 amide bonds. The summed E-state index contributed by atoms with van der Waals surface area (Å²) < 4.78 is 4.58. The molecule has 0 radical (unpaired) electrons. The van der Waals surface area contributed by atoms with Gasteiger partial charge in [-0.2, -0.15) is 0 Å². The van der Waals surface area contributed by atoms with Gasteiger partial charge in [0.2, 0.25) is 0 Å². The maximum Gasteiger partial charge on any atom is 0.332 e. The van der Waals surface area contributed by atoms with Gasteiger partial charge in [-0.15, -0.1) is 0 Å². The third-order valence-corrected chi connectivity index (χ3v) is 3.53. The molecule has 2 heterocycles. The molecule has 2 rings (SSSR count). The molecule has 2 N–H and O–H groups in total. The number of imidazole rings is 1. The van der Waals surface area contributed by atoms with Crippen molar-refractivity contribution in [2.45, 2.75) is 40.3 Å². The molecule has 2 aromatic rings. The molecule has 0 unspecified atom stereocenters. The summed E-state index contributed by atoms with van der Waals surface area (Å²) in [4.78, 5) is 29.3. The highest BCUT2D eigenvalue weighted by Gasteiger charge is 2.19. The molecular weight excluding hydrogens is 270 g/mol. The molecule has 0 spiro atoms. The monoisotopic (exact) mass is 293 g/mol. The van der Waals surface area contributed by atoms with E-state index in [0.717, 1.165) is 10.4 Å². The quantitative estimate of drug-likeness (QED) is 0.845. The van der Waals surface area contributed by atoms with E-state index >= 15 is 0 Å². The lowest BCUT2D eigenvalue weighted by Gasteiger charge is -2.11. The number of nitrogens with zero attached hydrogens (tertiary/aromatic N) is 4. The first kappa shape index (κ1) is 15.5. The summed E-state index contributed by atoms with van der Waals surface area (Å²) in [5.41, 5.74) is 5.96. The fourth-order valence-corrected chi connectivity index (χ4v) is 2.57. The smallest absolute Gasteiger partial charge is 0.329 e. The normalized spacial score (nSPS) is 11.7. The zero-order valence-electron chi connectivity index (χ0n) is 13.1. The van der Waals surface area contributed by atoms with Crippen LogP contribution >= 0.6 is 0 Å². The van der Waals surface area contributed by atoms with Crippen molar-refractivity contribution in [3.05, 3.63) is 26.7 Å². The van der Waals surface area contributed by atoms with Gasteiger partial charge in [0.15, 0.2) is 11.2 Å². The summed E-state index contributed by atoms with van der Waals surface area (Å²) in [5.74, 6) is 1.07. The number of fused-ring (bicyclic) bond motifs is 1. The van der Waals surface area contributed by atoms with Gasteiger partial charge in [-0.05, 0) is 5.92 Å².